The Balaban J connectivity index is 2.68. The number of aliphatic hydroxyl groups excluding tert-OH is 1. The summed E-state index contributed by atoms with van der Waals surface area (Å²) in [5.74, 6) is 0.462. The standard InChI is InChI=1S/C11H12N4O/c1-7-9(11-12-5-4-6-13-11)10(8(2)16)14-15(7)3/h4-6,16H,2H2,1,3H3. The third-order valence-electron chi connectivity index (χ3n) is 2.40. The average molecular weight is 216 g/mol. The van der Waals surface area contributed by atoms with Gasteiger partial charge in [0.1, 0.15) is 11.5 Å². The first-order valence-corrected chi connectivity index (χ1v) is 4.80. The van der Waals surface area contributed by atoms with Crippen LogP contribution in [0.3, 0.4) is 0 Å². The Bertz CT molecular complexity index is 530. The van der Waals surface area contributed by atoms with E-state index in [1.807, 2.05) is 6.92 Å². The minimum Gasteiger partial charge on any atom is -0.506 e. The fourth-order valence-electron chi connectivity index (χ4n) is 1.51. The molecular weight excluding hydrogens is 204 g/mol. The van der Waals surface area contributed by atoms with Crippen molar-refractivity contribution >= 4 is 5.76 Å². The van der Waals surface area contributed by atoms with E-state index in [0.717, 1.165) is 11.3 Å². The van der Waals surface area contributed by atoms with Crippen molar-refractivity contribution in [1.82, 2.24) is 19.7 Å². The molecule has 2 aromatic rings. The highest BCUT2D eigenvalue weighted by atomic mass is 16.3. The Labute approximate surface area is 93.1 Å². The van der Waals surface area contributed by atoms with Gasteiger partial charge in [-0.2, -0.15) is 5.10 Å². The second kappa shape index (κ2) is 3.77. The molecule has 2 rings (SSSR count). The molecule has 1 N–H and O–H groups in total. The SMILES string of the molecule is C=C(O)c1nn(C)c(C)c1-c1ncccn1. The van der Waals surface area contributed by atoms with Crippen LogP contribution in [0.15, 0.2) is 25.0 Å². The van der Waals surface area contributed by atoms with Crippen molar-refractivity contribution in [1.29, 1.82) is 0 Å². The molecule has 16 heavy (non-hydrogen) atoms. The van der Waals surface area contributed by atoms with Crippen molar-refractivity contribution in [3.05, 3.63) is 36.4 Å². The van der Waals surface area contributed by atoms with Crippen LogP contribution >= 0.6 is 0 Å². The molecule has 0 saturated heterocycles. The molecule has 2 heterocycles. The Hall–Kier alpha value is -2.17. The molecular formula is C11H12N4O. The highest BCUT2D eigenvalue weighted by Gasteiger charge is 2.18. The van der Waals surface area contributed by atoms with E-state index in [4.69, 9.17) is 0 Å². The van der Waals surface area contributed by atoms with Crippen LogP contribution in [-0.4, -0.2) is 24.9 Å². The number of nitrogens with zero attached hydrogens (tertiary/aromatic N) is 4. The summed E-state index contributed by atoms with van der Waals surface area (Å²) in [6.45, 7) is 5.38. The van der Waals surface area contributed by atoms with Crippen LogP contribution in [0.2, 0.25) is 0 Å². The second-order valence-electron chi connectivity index (χ2n) is 3.45. The lowest BCUT2D eigenvalue weighted by molar-refractivity contribution is 0.508. The van der Waals surface area contributed by atoms with E-state index in [-0.39, 0.29) is 5.76 Å². The summed E-state index contributed by atoms with van der Waals surface area (Å²) in [7, 11) is 1.80. The summed E-state index contributed by atoms with van der Waals surface area (Å²) in [4.78, 5) is 8.30. The van der Waals surface area contributed by atoms with Crippen molar-refractivity contribution < 1.29 is 5.11 Å². The second-order valence-corrected chi connectivity index (χ2v) is 3.45. The van der Waals surface area contributed by atoms with E-state index in [2.05, 4.69) is 21.6 Å². The first kappa shape index (κ1) is 10.4. The summed E-state index contributed by atoms with van der Waals surface area (Å²) in [6, 6.07) is 1.74. The molecule has 2 aromatic heterocycles. The number of rotatable bonds is 2. The largest absolute Gasteiger partial charge is 0.506 e. The van der Waals surface area contributed by atoms with Gasteiger partial charge in [0.2, 0.25) is 0 Å². The maximum Gasteiger partial charge on any atom is 0.163 e. The van der Waals surface area contributed by atoms with E-state index >= 15 is 0 Å². The van der Waals surface area contributed by atoms with E-state index in [1.165, 1.54) is 0 Å². The molecule has 0 unspecified atom stereocenters. The first-order valence-electron chi connectivity index (χ1n) is 4.80. The quantitative estimate of drug-likeness (QED) is 0.776. The van der Waals surface area contributed by atoms with Crippen LogP contribution in [0.25, 0.3) is 17.1 Å². The molecule has 0 aliphatic rings. The molecule has 0 saturated carbocycles. The summed E-state index contributed by atoms with van der Waals surface area (Å²) in [5.41, 5.74) is 2.03. The van der Waals surface area contributed by atoms with Crippen molar-refractivity contribution in [3.8, 4) is 11.4 Å². The third kappa shape index (κ3) is 1.56. The van der Waals surface area contributed by atoms with Crippen molar-refractivity contribution in [3.63, 3.8) is 0 Å². The predicted molar refractivity (Wildman–Crippen MR) is 60.6 cm³/mol. The molecule has 0 amide bonds. The van der Waals surface area contributed by atoms with Crippen LogP contribution in [-0.2, 0) is 7.05 Å². The Morgan fingerprint density at radius 3 is 2.56 bits per heavy atom. The lowest BCUT2D eigenvalue weighted by Crippen LogP contribution is -1.93. The van der Waals surface area contributed by atoms with Gasteiger partial charge in [0.15, 0.2) is 5.82 Å². The first-order chi connectivity index (χ1) is 7.61. The van der Waals surface area contributed by atoms with Gasteiger partial charge in [0.25, 0.3) is 0 Å². The normalized spacial score (nSPS) is 10.4. The number of hydrogen-bond donors (Lipinski definition) is 1. The summed E-state index contributed by atoms with van der Waals surface area (Å²) in [5, 5.41) is 13.7. The smallest absolute Gasteiger partial charge is 0.163 e. The van der Waals surface area contributed by atoms with Gasteiger partial charge in [-0.05, 0) is 13.0 Å². The van der Waals surface area contributed by atoms with Gasteiger partial charge in [0, 0.05) is 25.1 Å². The van der Waals surface area contributed by atoms with E-state index in [1.54, 1.807) is 30.2 Å². The lowest BCUT2D eigenvalue weighted by Gasteiger charge is -2.00. The molecule has 0 atom stereocenters. The monoisotopic (exact) mass is 216 g/mol. The topological polar surface area (TPSA) is 63.8 Å². The Morgan fingerprint density at radius 2 is 2.00 bits per heavy atom. The molecule has 0 radical (unpaired) electrons. The Kier molecular flexibility index (Phi) is 2.44. The molecule has 5 nitrogen and oxygen atoms in total. The Morgan fingerprint density at radius 1 is 1.38 bits per heavy atom. The molecule has 0 spiro atoms. The number of hydrogen-bond acceptors (Lipinski definition) is 4. The van der Waals surface area contributed by atoms with E-state index in [9.17, 15) is 5.11 Å². The maximum atomic E-state index is 9.48. The zero-order valence-electron chi connectivity index (χ0n) is 9.18. The molecule has 0 aliphatic carbocycles. The summed E-state index contributed by atoms with van der Waals surface area (Å²) < 4.78 is 1.67. The van der Waals surface area contributed by atoms with Crippen molar-refractivity contribution in [2.75, 3.05) is 0 Å². The zero-order chi connectivity index (χ0) is 11.7. The molecule has 0 aromatic carbocycles. The molecule has 0 aliphatic heterocycles. The van der Waals surface area contributed by atoms with Gasteiger partial charge in [0.05, 0.1) is 5.56 Å². The minimum atomic E-state index is -0.0776. The van der Waals surface area contributed by atoms with Gasteiger partial charge in [-0.15, -0.1) is 0 Å². The van der Waals surface area contributed by atoms with Crippen molar-refractivity contribution in [2.45, 2.75) is 6.92 Å². The molecule has 0 fully saturated rings. The van der Waals surface area contributed by atoms with Gasteiger partial charge < -0.3 is 5.11 Å². The summed E-state index contributed by atoms with van der Waals surface area (Å²) >= 11 is 0. The fraction of sp³-hybridized carbons (Fsp3) is 0.182. The highest BCUT2D eigenvalue weighted by Crippen LogP contribution is 2.26. The van der Waals surface area contributed by atoms with Crippen LogP contribution in [0.1, 0.15) is 11.4 Å². The van der Waals surface area contributed by atoms with Gasteiger partial charge in [-0.25, -0.2) is 9.97 Å². The zero-order valence-corrected chi connectivity index (χ0v) is 9.18. The number of aromatic nitrogens is 4. The number of aliphatic hydroxyl groups is 1. The van der Waals surface area contributed by atoms with E-state index < -0.39 is 0 Å². The number of aryl methyl sites for hydroxylation is 1. The van der Waals surface area contributed by atoms with Crippen molar-refractivity contribution in [2.24, 2.45) is 7.05 Å². The van der Waals surface area contributed by atoms with Gasteiger partial charge >= 0.3 is 0 Å². The minimum absolute atomic E-state index is 0.0776. The average Bonchev–Trinajstić information content (AvgIpc) is 2.57. The van der Waals surface area contributed by atoms with Crippen LogP contribution < -0.4 is 0 Å². The van der Waals surface area contributed by atoms with Gasteiger partial charge in [-0.1, -0.05) is 6.58 Å². The van der Waals surface area contributed by atoms with Crippen LogP contribution in [0, 0.1) is 6.92 Å². The third-order valence-corrected chi connectivity index (χ3v) is 2.40. The molecule has 0 bridgehead atoms. The summed E-state index contributed by atoms with van der Waals surface area (Å²) in [6.07, 6.45) is 3.30. The fourth-order valence-corrected chi connectivity index (χ4v) is 1.51. The van der Waals surface area contributed by atoms with Crippen LogP contribution in [0.5, 0.6) is 0 Å². The molecule has 5 heteroatoms. The maximum absolute atomic E-state index is 9.48. The lowest BCUT2D eigenvalue weighted by atomic mass is 10.1. The molecule has 82 valence electrons. The predicted octanol–water partition coefficient (Wildman–Crippen LogP) is 1.71. The van der Waals surface area contributed by atoms with E-state index in [0.29, 0.717) is 11.5 Å². The van der Waals surface area contributed by atoms with Crippen LogP contribution in [0.4, 0.5) is 0 Å². The van der Waals surface area contributed by atoms with Gasteiger partial charge in [-0.3, -0.25) is 4.68 Å². The highest BCUT2D eigenvalue weighted by molar-refractivity contribution is 5.73.